The minimum Gasteiger partial charge on any atom is -0.487 e. The maximum absolute atomic E-state index is 12.7. The number of benzene rings is 2. The molecule has 1 atom stereocenters. The first kappa shape index (κ1) is 22.4. The number of carbonyl (C=O) groups excluding carboxylic acids is 1. The van der Waals surface area contributed by atoms with Gasteiger partial charge in [0.1, 0.15) is 11.8 Å². The number of nitrogens with two attached hydrogens (primary N) is 1. The molecule has 156 valence electrons. The molecular weight excluding hydrogens is 417 g/mol. The predicted molar refractivity (Wildman–Crippen MR) is 98.0 cm³/mol. The zero-order valence-electron chi connectivity index (χ0n) is 15.0. The Morgan fingerprint density at radius 3 is 2.48 bits per heavy atom. The normalized spacial score (nSPS) is 12.3. The largest absolute Gasteiger partial charge is 0.487 e. The van der Waals surface area contributed by atoms with E-state index in [0.29, 0.717) is 11.6 Å². The Kier molecular flexibility index (Phi) is 7.04. The van der Waals surface area contributed by atoms with Crippen molar-refractivity contribution in [1.29, 1.82) is 0 Å². The lowest BCUT2D eigenvalue weighted by molar-refractivity contribution is -0.385. The number of nitro benzene ring substituents is 1. The molecule has 0 radical (unpaired) electrons. The molecular formula is C18H16ClF3N2O5. The van der Waals surface area contributed by atoms with Gasteiger partial charge in [-0.25, -0.2) is 4.79 Å². The summed E-state index contributed by atoms with van der Waals surface area (Å²) in [5, 5.41) is 10.6. The number of alkyl halides is 3. The van der Waals surface area contributed by atoms with Gasteiger partial charge in [-0.3, -0.25) is 10.1 Å². The summed E-state index contributed by atoms with van der Waals surface area (Å²) in [6.07, 6.45) is -4.63. The third-order valence-corrected chi connectivity index (χ3v) is 4.04. The standard InChI is InChI=1S/C18H16ClF3N2O5/c1-2-28-16-8-10(3-5-14(16)24(26)27)7-13(23)17(25)29-15-6-4-11(9-12(15)19)18(20,21)22/h3-6,8-9,13H,2,7,23H2,1H3/t13-/m0/s1. The van der Waals surface area contributed by atoms with E-state index < -0.39 is 33.7 Å². The van der Waals surface area contributed by atoms with Crippen LogP contribution in [0, 0.1) is 10.1 Å². The van der Waals surface area contributed by atoms with Gasteiger partial charge in [0.15, 0.2) is 5.75 Å². The molecule has 0 spiro atoms. The van der Waals surface area contributed by atoms with Crippen molar-refractivity contribution in [3.8, 4) is 11.5 Å². The Labute approximate surface area is 168 Å². The molecule has 11 heteroatoms. The van der Waals surface area contributed by atoms with E-state index in [-0.39, 0.29) is 30.2 Å². The fraction of sp³-hybridized carbons (Fsp3) is 0.278. The molecule has 0 aliphatic rings. The van der Waals surface area contributed by atoms with E-state index in [1.165, 1.54) is 18.2 Å². The Hall–Kier alpha value is -2.85. The highest BCUT2D eigenvalue weighted by molar-refractivity contribution is 6.32. The summed E-state index contributed by atoms with van der Waals surface area (Å²) in [5.74, 6) is -1.16. The minimum atomic E-state index is -4.59. The summed E-state index contributed by atoms with van der Waals surface area (Å²) in [5.41, 5.74) is 5.05. The molecule has 0 aromatic heterocycles. The smallest absolute Gasteiger partial charge is 0.416 e. The molecule has 2 N–H and O–H groups in total. The monoisotopic (exact) mass is 432 g/mol. The van der Waals surface area contributed by atoms with Crippen molar-refractivity contribution in [3.05, 3.63) is 62.7 Å². The lowest BCUT2D eigenvalue weighted by Gasteiger charge is -2.14. The fourth-order valence-corrected chi connectivity index (χ4v) is 2.61. The Balaban J connectivity index is 2.11. The van der Waals surface area contributed by atoms with Gasteiger partial charge in [-0.2, -0.15) is 13.2 Å². The highest BCUT2D eigenvalue weighted by atomic mass is 35.5. The van der Waals surface area contributed by atoms with Crippen LogP contribution < -0.4 is 15.2 Å². The van der Waals surface area contributed by atoms with Crippen molar-refractivity contribution in [2.75, 3.05) is 6.61 Å². The Bertz CT molecular complexity index is 921. The van der Waals surface area contributed by atoms with E-state index in [0.717, 1.165) is 12.1 Å². The first-order chi connectivity index (χ1) is 13.5. The zero-order valence-corrected chi connectivity index (χ0v) is 15.8. The number of nitro groups is 1. The quantitative estimate of drug-likeness (QED) is 0.305. The second-order valence-corrected chi connectivity index (χ2v) is 6.27. The molecule has 0 heterocycles. The summed E-state index contributed by atoms with van der Waals surface area (Å²) in [7, 11) is 0. The lowest BCUT2D eigenvalue weighted by atomic mass is 10.1. The minimum absolute atomic E-state index is 0.0290. The molecule has 0 saturated carbocycles. The van der Waals surface area contributed by atoms with Gasteiger partial charge >= 0.3 is 17.8 Å². The van der Waals surface area contributed by atoms with Crippen molar-refractivity contribution in [2.45, 2.75) is 25.6 Å². The van der Waals surface area contributed by atoms with Gasteiger partial charge in [0.05, 0.1) is 22.1 Å². The van der Waals surface area contributed by atoms with E-state index in [4.69, 9.17) is 26.8 Å². The van der Waals surface area contributed by atoms with Crippen LogP contribution in [0.5, 0.6) is 11.5 Å². The SMILES string of the molecule is CCOc1cc(C[C@H](N)C(=O)Oc2ccc(C(F)(F)F)cc2Cl)ccc1[N+](=O)[O-]. The van der Waals surface area contributed by atoms with Crippen LogP contribution in [-0.2, 0) is 17.4 Å². The predicted octanol–water partition coefficient (Wildman–Crippen LogP) is 4.14. The van der Waals surface area contributed by atoms with Crippen LogP contribution >= 0.6 is 11.6 Å². The van der Waals surface area contributed by atoms with E-state index in [1.807, 2.05) is 0 Å². The first-order valence-electron chi connectivity index (χ1n) is 8.27. The van der Waals surface area contributed by atoms with Crippen LogP contribution in [0.3, 0.4) is 0 Å². The van der Waals surface area contributed by atoms with Crippen LogP contribution in [-0.4, -0.2) is 23.5 Å². The number of hydrogen-bond donors (Lipinski definition) is 1. The number of ether oxygens (including phenoxy) is 2. The summed E-state index contributed by atoms with van der Waals surface area (Å²) in [6, 6.07) is 5.13. The van der Waals surface area contributed by atoms with Gasteiger partial charge in [0.2, 0.25) is 0 Å². The summed E-state index contributed by atoms with van der Waals surface area (Å²) >= 11 is 5.75. The van der Waals surface area contributed by atoms with Crippen LogP contribution in [0.1, 0.15) is 18.1 Å². The van der Waals surface area contributed by atoms with Gasteiger partial charge in [0, 0.05) is 6.07 Å². The second kappa shape index (κ2) is 9.10. The van der Waals surface area contributed by atoms with Crippen molar-refractivity contribution < 1.29 is 32.4 Å². The van der Waals surface area contributed by atoms with Crippen LogP contribution in [0.25, 0.3) is 0 Å². The third-order valence-electron chi connectivity index (χ3n) is 3.75. The highest BCUT2D eigenvalue weighted by Gasteiger charge is 2.31. The molecule has 7 nitrogen and oxygen atoms in total. The van der Waals surface area contributed by atoms with Crippen LogP contribution in [0.15, 0.2) is 36.4 Å². The average Bonchev–Trinajstić information content (AvgIpc) is 2.62. The number of carbonyl (C=O) groups is 1. The van der Waals surface area contributed by atoms with E-state index in [1.54, 1.807) is 6.92 Å². The third kappa shape index (κ3) is 5.81. The molecule has 0 fully saturated rings. The molecule has 0 unspecified atom stereocenters. The Morgan fingerprint density at radius 2 is 1.93 bits per heavy atom. The number of halogens is 4. The maximum Gasteiger partial charge on any atom is 0.416 e. The van der Waals surface area contributed by atoms with Gasteiger partial charge in [-0.05, 0) is 43.2 Å². The van der Waals surface area contributed by atoms with Gasteiger partial charge in [-0.15, -0.1) is 0 Å². The molecule has 29 heavy (non-hydrogen) atoms. The van der Waals surface area contributed by atoms with E-state index >= 15 is 0 Å². The molecule has 0 aliphatic heterocycles. The Morgan fingerprint density at radius 1 is 1.24 bits per heavy atom. The summed E-state index contributed by atoms with van der Waals surface area (Å²) in [6.45, 7) is 1.86. The van der Waals surface area contributed by atoms with E-state index in [2.05, 4.69) is 0 Å². The molecule has 0 aliphatic carbocycles. The van der Waals surface area contributed by atoms with Crippen molar-refractivity contribution in [3.63, 3.8) is 0 Å². The fourth-order valence-electron chi connectivity index (χ4n) is 2.39. The number of nitrogens with zero attached hydrogens (tertiary/aromatic N) is 1. The summed E-state index contributed by atoms with van der Waals surface area (Å²) in [4.78, 5) is 22.6. The van der Waals surface area contributed by atoms with Gasteiger partial charge in [0.25, 0.3) is 0 Å². The number of esters is 1. The lowest BCUT2D eigenvalue weighted by Crippen LogP contribution is -2.36. The van der Waals surface area contributed by atoms with Crippen LogP contribution in [0.2, 0.25) is 5.02 Å². The van der Waals surface area contributed by atoms with Crippen molar-refractivity contribution >= 4 is 23.3 Å². The molecule has 2 aromatic carbocycles. The summed E-state index contributed by atoms with van der Waals surface area (Å²) < 4.78 is 48.2. The van der Waals surface area contributed by atoms with Crippen LogP contribution in [0.4, 0.5) is 18.9 Å². The molecule has 0 bridgehead atoms. The maximum atomic E-state index is 12.7. The van der Waals surface area contributed by atoms with Gasteiger partial charge < -0.3 is 15.2 Å². The molecule has 0 saturated heterocycles. The molecule has 0 amide bonds. The zero-order chi connectivity index (χ0) is 21.8. The van der Waals surface area contributed by atoms with Gasteiger partial charge in [-0.1, -0.05) is 17.7 Å². The van der Waals surface area contributed by atoms with Crippen molar-refractivity contribution in [2.24, 2.45) is 5.73 Å². The molecule has 2 rings (SSSR count). The average molecular weight is 433 g/mol. The van der Waals surface area contributed by atoms with Crippen molar-refractivity contribution in [1.82, 2.24) is 0 Å². The topological polar surface area (TPSA) is 105 Å². The highest BCUT2D eigenvalue weighted by Crippen LogP contribution is 2.35. The first-order valence-corrected chi connectivity index (χ1v) is 8.64. The number of rotatable bonds is 7. The second-order valence-electron chi connectivity index (χ2n) is 5.87. The van der Waals surface area contributed by atoms with E-state index in [9.17, 15) is 28.1 Å². The number of hydrogen-bond acceptors (Lipinski definition) is 6. The molecule has 2 aromatic rings.